The molecule has 26 heavy (non-hydrogen) atoms. The van der Waals surface area contributed by atoms with Crippen LogP contribution in [0.25, 0.3) is 0 Å². The molecule has 140 valence electrons. The number of aryl methyl sites for hydroxylation is 2. The molecule has 4 rings (SSSR count). The lowest BCUT2D eigenvalue weighted by atomic mass is 9.89. The molecule has 1 aromatic carbocycles. The van der Waals surface area contributed by atoms with Gasteiger partial charge in [-0.15, -0.1) is 5.10 Å². The van der Waals surface area contributed by atoms with Gasteiger partial charge in [-0.3, -0.25) is 4.68 Å². The predicted octanol–water partition coefficient (Wildman–Crippen LogP) is 4.26. The maximum Gasteiger partial charge on any atom is 0.232 e. The van der Waals surface area contributed by atoms with Crippen molar-refractivity contribution >= 4 is 0 Å². The normalized spacial score (nSPS) is 18.6. The van der Waals surface area contributed by atoms with Crippen molar-refractivity contribution in [3.8, 4) is 5.88 Å². The average Bonchev–Trinajstić information content (AvgIpc) is 3.12. The Labute approximate surface area is 157 Å². The Morgan fingerprint density at radius 1 is 1.00 bits per heavy atom. The molecular weight excluding hydrogens is 322 g/mol. The van der Waals surface area contributed by atoms with E-state index >= 15 is 0 Å². The molecule has 1 saturated heterocycles. The number of ether oxygens (including phenoxy) is 1. The minimum atomic E-state index is 0.753. The third-order valence-electron chi connectivity index (χ3n) is 5.87. The summed E-state index contributed by atoms with van der Waals surface area (Å²) in [5.74, 6) is 1.58. The molecule has 0 bridgehead atoms. The lowest BCUT2D eigenvalue weighted by Gasteiger charge is -2.32. The van der Waals surface area contributed by atoms with E-state index in [2.05, 4.69) is 51.1 Å². The maximum atomic E-state index is 5.87. The second-order valence-electron chi connectivity index (χ2n) is 7.74. The summed E-state index contributed by atoms with van der Waals surface area (Å²) in [6.45, 7) is 5.50. The summed E-state index contributed by atoms with van der Waals surface area (Å²) in [6, 6.07) is 13.1. The van der Waals surface area contributed by atoms with Crippen LogP contribution in [0.1, 0.15) is 55.7 Å². The van der Waals surface area contributed by atoms with E-state index < -0.39 is 0 Å². The van der Waals surface area contributed by atoms with Crippen LogP contribution in [0.15, 0.2) is 36.4 Å². The van der Waals surface area contributed by atoms with E-state index in [1.54, 1.807) is 0 Å². The number of rotatable bonds is 7. The van der Waals surface area contributed by atoms with Crippen LogP contribution in [0.3, 0.4) is 0 Å². The molecule has 0 atom stereocenters. The minimum Gasteiger partial charge on any atom is -0.477 e. The van der Waals surface area contributed by atoms with Gasteiger partial charge in [0.1, 0.15) is 0 Å². The Morgan fingerprint density at radius 2 is 1.85 bits per heavy atom. The minimum absolute atomic E-state index is 0.753. The topological polar surface area (TPSA) is 30.3 Å². The van der Waals surface area contributed by atoms with Gasteiger partial charge in [0.05, 0.1) is 6.61 Å². The van der Waals surface area contributed by atoms with Gasteiger partial charge in [-0.05, 0) is 76.1 Å². The Bertz CT molecular complexity index is 650. The molecule has 0 unspecified atom stereocenters. The van der Waals surface area contributed by atoms with Crippen LogP contribution in [-0.4, -0.2) is 40.9 Å². The largest absolute Gasteiger partial charge is 0.477 e. The zero-order valence-corrected chi connectivity index (χ0v) is 15.8. The Hall–Kier alpha value is -1.81. The number of benzene rings is 1. The van der Waals surface area contributed by atoms with Gasteiger partial charge in [-0.25, -0.2) is 0 Å². The van der Waals surface area contributed by atoms with E-state index in [1.165, 1.54) is 63.0 Å². The summed E-state index contributed by atoms with van der Waals surface area (Å²) >= 11 is 0. The first kappa shape index (κ1) is 17.6. The fourth-order valence-electron chi connectivity index (χ4n) is 4.29. The van der Waals surface area contributed by atoms with Crippen molar-refractivity contribution in [2.75, 3.05) is 26.2 Å². The zero-order valence-electron chi connectivity index (χ0n) is 15.8. The van der Waals surface area contributed by atoms with Crippen molar-refractivity contribution in [1.29, 1.82) is 0 Å². The van der Waals surface area contributed by atoms with E-state index in [9.17, 15) is 0 Å². The van der Waals surface area contributed by atoms with E-state index in [-0.39, 0.29) is 0 Å². The van der Waals surface area contributed by atoms with Gasteiger partial charge in [0.15, 0.2) is 0 Å². The molecule has 2 aromatic rings. The van der Waals surface area contributed by atoms with Gasteiger partial charge in [0.25, 0.3) is 0 Å². The van der Waals surface area contributed by atoms with Crippen molar-refractivity contribution in [3.05, 3.63) is 47.7 Å². The summed E-state index contributed by atoms with van der Waals surface area (Å²) in [5, 5.41) is 4.56. The van der Waals surface area contributed by atoms with Gasteiger partial charge in [0, 0.05) is 18.3 Å². The third kappa shape index (κ3) is 4.47. The summed E-state index contributed by atoms with van der Waals surface area (Å²) in [7, 11) is 0. The van der Waals surface area contributed by atoms with Gasteiger partial charge in [0.2, 0.25) is 5.88 Å². The van der Waals surface area contributed by atoms with Crippen LogP contribution < -0.4 is 4.74 Å². The van der Waals surface area contributed by atoms with Crippen molar-refractivity contribution in [3.63, 3.8) is 0 Å². The number of nitrogens with zero attached hydrogens (tertiary/aromatic N) is 3. The van der Waals surface area contributed by atoms with E-state index in [0.29, 0.717) is 0 Å². The second kappa shape index (κ2) is 8.72. The fraction of sp³-hybridized carbons (Fsp3) is 0.591. The van der Waals surface area contributed by atoms with Gasteiger partial charge < -0.3 is 9.64 Å². The summed E-state index contributed by atoms with van der Waals surface area (Å²) < 4.78 is 7.99. The molecule has 2 aliphatic rings. The van der Waals surface area contributed by atoms with Crippen LogP contribution in [0.4, 0.5) is 0 Å². The number of likely N-dealkylation sites (tertiary alicyclic amines) is 1. The quantitative estimate of drug-likeness (QED) is 0.697. The lowest BCUT2D eigenvalue weighted by molar-refractivity contribution is 0.201. The van der Waals surface area contributed by atoms with Crippen LogP contribution in [0.5, 0.6) is 5.88 Å². The number of hydrogen-bond acceptors (Lipinski definition) is 3. The van der Waals surface area contributed by atoms with Crippen molar-refractivity contribution in [2.45, 2.75) is 57.4 Å². The highest BCUT2D eigenvalue weighted by molar-refractivity contribution is 5.20. The summed E-state index contributed by atoms with van der Waals surface area (Å²) in [4.78, 5) is 2.62. The first-order valence-electron chi connectivity index (χ1n) is 10.4. The SMILES string of the molecule is c1ccc(C2CCN(CCCCOc3cc4n(n3)CCCC4)CC2)cc1. The van der Waals surface area contributed by atoms with Crippen molar-refractivity contribution in [1.82, 2.24) is 14.7 Å². The molecule has 0 aliphatic carbocycles. The standard InChI is InChI=1S/C22H31N3O/c1-2-8-19(9-3-1)20-11-15-24(16-12-20)13-6-7-17-26-22-18-21-10-4-5-14-25(21)23-22/h1-3,8-9,18,20H,4-7,10-17H2. The summed E-state index contributed by atoms with van der Waals surface area (Å²) in [6.07, 6.45) is 8.59. The molecule has 1 fully saturated rings. The molecule has 4 heteroatoms. The van der Waals surface area contributed by atoms with Crippen LogP contribution in [-0.2, 0) is 13.0 Å². The molecule has 0 spiro atoms. The number of unbranched alkanes of at least 4 members (excludes halogenated alkanes) is 1. The van der Waals surface area contributed by atoms with Crippen LogP contribution in [0, 0.1) is 0 Å². The first-order valence-corrected chi connectivity index (χ1v) is 10.4. The highest BCUT2D eigenvalue weighted by atomic mass is 16.5. The number of fused-ring (bicyclic) bond motifs is 1. The molecule has 4 nitrogen and oxygen atoms in total. The first-order chi connectivity index (χ1) is 12.9. The van der Waals surface area contributed by atoms with Gasteiger partial charge >= 0.3 is 0 Å². The molecule has 0 radical (unpaired) electrons. The maximum absolute atomic E-state index is 5.87. The Morgan fingerprint density at radius 3 is 2.65 bits per heavy atom. The van der Waals surface area contributed by atoms with Crippen molar-refractivity contribution < 1.29 is 4.74 Å². The smallest absolute Gasteiger partial charge is 0.232 e. The molecule has 0 saturated carbocycles. The zero-order chi connectivity index (χ0) is 17.6. The predicted molar refractivity (Wildman–Crippen MR) is 105 cm³/mol. The van der Waals surface area contributed by atoms with Crippen LogP contribution >= 0.6 is 0 Å². The number of hydrogen-bond donors (Lipinski definition) is 0. The van der Waals surface area contributed by atoms with Gasteiger partial charge in [-0.1, -0.05) is 30.3 Å². The van der Waals surface area contributed by atoms with E-state index in [4.69, 9.17) is 4.74 Å². The molecule has 0 amide bonds. The lowest BCUT2D eigenvalue weighted by Crippen LogP contribution is -2.33. The van der Waals surface area contributed by atoms with Gasteiger partial charge in [-0.2, -0.15) is 0 Å². The molecule has 0 N–H and O–H groups in total. The van der Waals surface area contributed by atoms with E-state index in [0.717, 1.165) is 37.8 Å². The number of aromatic nitrogens is 2. The Kier molecular flexibility index (Phi) is 5.90. The Balaban J connectivity index is 1.11. The third-order valence-corrected chi connectivity index (χ3v) is 5.87. The molecular formula is C22H31N3O. The fourth-order valence-corrected chi connectivity index (χ4v) is 4.29. The van der Waals surface area contributed by atoms with Crippen molar-refractivity contribution in [2.24, 2.45) is 0 Å². The average molecular weight is 354 g/mol. The highest BCUT2D eigenvalue weighted by Gasteiger charge is 2.20. The monoisotopic (exact) mass is 353 g/mol. The number of piperidine rings is 1. The second-order valence-corrected chi connectivity index (χ2v) is 7.74. The summed E-state index contributed by atoms with van der Waals surface area (Å²) in [5.41, 5.74) is 2.86. The highest BCUT2D eigenvalue weighted by Crippen LogP contribution is 2.27. The molecule has 2 aliphatic heterocycles. The van der Waals surface area contributed by atoms with E-state index in [1.807, 2.05) is 0 Å². The van der Waals surface area contributed by atoms with Crippen LogP contribution in [0.2, 0.25) is 0 Å². The molecule has 3 heterocycles. The molecule has 1 aromatic heterocycles.